The van der Waals surface area contributed by atoms with Gasteiger partial charge in [0, 0.05) is 10.0 Å². The van der Waals surface area contributed by atoms with Gasteiger partial charge in [-0.25, -0.2) is 0 Å². The third-order valence-electron chi connectivity index (χ3n) is 3.50. The molecule has 0 aliphatic rings. The highest BCUT2D eigenvalue weighted by Crippen LogP contribution is 2.43. The number of aryl methyl sites for hydroxylation is 2. The Morgan fingerprint density at radius 3 is 2.40 bits per heavy atom. The van der Waals surface area contributed by atoms with Crippen molar-refractivity contribution in [3.05, 3.63) is 62.6 Å². The minimum Gasteiger partial charge on any atom is -0.496 e. The van der Waals surface area contributed by atoms with Crippen molar-refractivity contribution < 1.29 is 4.74 Å². The number of methoxy groups -OCH3 is 1. The molecule has 1 atom stereocenters. The van der Waals surface area contributed by atoms with Crippen LogP contribution in [0.15, 0.2) is 34.8 Å². The van der Waals surface area contributed by atoms with E-state index in [-0.39, 0.29) is 4.83 Å². The Morgan fingerprint density at radius 1 is 1.10 bits per heavy atom. The molecule has 3 heteroatoms. The van der Waals surface area contributed by atoms with Gasteiger partial charge in [-0.05, 0) is 43.5 Å². The van der Waals surface area contributed by atoms with Crippen LogP contribution >= 0.6 is 31.9 Å². The maximum Gasteiger partial charge on any atom is 0.126 e. The molecule has 0 aromatic heterocycles. The summed E-state index contributed by atoms with van der Waals surface area (Å²) in [7, 11) is 1.73. The zero-order valence-electron chi connectivity index (χ0n) is 12.1. The Kier molecular flexibility index (Phi) is 4.92. The quantitative estimate of drug-likeness (QED) is 0.588. The van der Waals surface area contributed by atoms with Crippen molar-refractivity contribution in [2.45, 2.75) is 25.6 Å². The molecule has 0 saturated heterocycles. The molecule has 1 unspecified atom stereocenters. The predicted octanol–water partition coefficient (Wildman–Crippen LogP) is 5.87. The van der Waals surface area contributed by atoms with Crippen LogP contribution in [0.25, 0.3) is 0 Å². The highest BCUT2D eigenvalue weighted by molar-refractivity contribution is 9.10. The average Bonchev–Trinajstić information content (AvgIpc) is 2.41. The Labute approximate surface area is 137 Å². The number of ether oxygens (including phenoxy) is 1. The fourth-order valence-corrected chi connectivity index (χ4v) is 3.84. The third kappa shape index (κ3) is 2.94. The lowest BCUT2D eigenvalue weighted by Gasteiger charge is -2.20. The van der Waals surface area contributed by atoms with E-state index in [9.17, 15) is 0 Å². The van der Waals surface area contributed by atoms with E-state index in [2.05, 4.69) is 83.0 Å². The van der Waals surface area contributed by atoms with Crippen molar-refractivity contribution in [3.63, 3.8) is 0 Å². The molecule has 0 fully saturated rings. The topological polar surface area (TPSA) is 9.23 Å². The van der Waals surface area contributed by atoms with Crippen LogP contribution in [0.4, 0.5) is 0 Å². The molecule has 0 radical (unpaired) electrons. The number of halogens is 2. The first-order valence-electron chi connectivity index (χ1n) is 6.50. The maximum absolute atomic E-state index is 5.63. The lowest BCUT2D eigenvalue weighted by Crippen LogP contribution is -2.03. The van der Waals surface area contributed by atoms with Gasteiger partial charge < -0.3 is 4.74 Å². The number of rotatable bonds is 3. The van der Waals surface area contributed by atoms with Crippen LogP contribution in [-0.4, -0.2) is 7.11 Å². The summed E-state index contributed by atoms with van der Waals surface area (Å²) in [5.74, 6) is 0.953. The second kappa shape index (κ2) is 6.31. The molecule has 0 aliphatic carbocycles. The van der Waals surface area contributed by atoms with Crippen molar-refractivity contribution in [2.24, 2.45) is 0 Å². The zero-order valence-corrected chi connectivity index (χ0v) is 15.3. The van der Waals surface area contributed by atoms with Crippen molar-refractivity contribution in [2.75, 3.05) is 7.11 Å². The summed E-state index contributed by atoms with van der Waals surface area (Å²) in [6.07, 6.45) is 0. The Hall–Kier alpha value is -0.800. The third-order valence-corrected chi connectivity index (χ3v) is 5.31. The van der Waals surface area contributed by atoms with Gasteiger partial charge in [0.1, 0.15) is 5.75 Å². The van der Waals surface area contributed by atoms with E-state index in [1.165, 1.54) is 22.3 Å². The highest BCUT2D eigenvalue weighted by atomic mass is 79.9. The Bertz CT molecular complexity index is 635. The first kappa shape index (κ1) is 15.6. The molecule has 106 valence electrons. The average molecular weight is 398 g/mol. The van der Waals surface area contributed by atoms with Gasteiger partial charge in [0.25, 0.3) is 0 Å². The summed E-state index contributed by atoms with van der Waals surface area (Å²) in [5.41, 5.74) is 6.03. The molecule has 0 N–H and O–H groups in total. The highest BCUT2D eigenvalue weighted by Gasteiger charge is 2.21. The molecule has 0 amide bonds. The minimum atomic E-state index is 0.119. The van der Waals surface area contributed by atoms with Crippen LogP contribution in [-0.2, 0) is 0 Å². The second-order valence-electron chi connectivity index (χ2n) is 5.02. The summed E-state index contributed by atoms with van der Waals surface area (Å²) in [4.78, 5) is 0.119. The van der Waals surface area contributed by atoms with Crippen LogP contribution < -0.4 is 4.74 Å². The molecule has 0 heterocycles. The van der Waals surface area contributed by atoms with Crippen molar-refractivity contribution in [1.82, 2.24) is 0 Å². The lowest BCUT2D eigenvalue weighted by molar-refractivity contribution is 0.406. The van der Waals surface area contributed by atoms with E-state index in [0.29, 0.717) is 0 Å². The summed E-state index contributed by atoms with van der Waals surface area (Å²) in [5, 5.41) is 0. The molecule has 0 spiro atoms. The van der Waals surface area contributed by atoms with Gasteiger partial charge in [0.05, 0.1) is 11.9 Å². The summed E-state index contributed by atoms with van der Waals surface area (Å²) in [6, 6.07) is 10.6. The molecule has 0 saturated carbocycles. The molecule has 0 aliphatic heterocycles. The van der Waals surface area contributed by atoms with Gasteiger partial charge in [-0.3, -0.25) is 0 Å². The van der Waals surface area contributed by atoms with E-state index in [1.807, 2.05) is 0 Å². The van der Waals surface area contributed by atoms with E-state index in [0.717, 1.165) is 15.8 Å². The molecule has 1 nitrogen and oxygen atoms in total. The molecular weight excluding hydrogens is 380 g/mol. The number of hydrogen-bond acceptors (Lipinski definition) is 1. The van der Waals surface area contributed by atoms with E-state index in [4.69, 9.17) is 4.74 Å². The summed E-state index contributed by atoms with van der Waals surface area (Å²) >= 11 is 7.48. The first-order valence-corrected chi connectivity index (χ1v) is 8.20. The van der Waals surface area contributed by atoms with Crippen LogP contribution in [0.2, 0.25) is 0 Å². The lowest BCUT2D eigenvalue weighted by atomic mass is 9.96. The fraction of sp³-hybridized carbons (Fsp3) is 0.294. The monoisotopic (exact) mass is 396 g/mol. The van der Waals surface area contributed by atoms with Gasteiger partial charge in [-0.15, -0.1) is 0 Å². The predicted molar refractivity (Wildman–Crippen MR) is 92.1 cm³/mol. The smallest absolute Gasteiger partial charge is 0.126 e. The molecule has 2 aromatic carbocycles. The van der Waals surface area contributed by atoms with Gasteiger partial charge in [-0.2, -0.15) is 0 Å². The summed E-state index contributed by atoms with van der Waals surface area (Å²) in [6.45, 7) is 6.30. The van der Waals surface area contributed by atoms with Crippen LogP contribution in [0, 0.1) is 20.8 Å². The standard InChI is InChI=1S/C17H18Br2O/c1-10-6-5-7-13(8-10)16(19)15-12(3)14(18)9-11(2)17(15)20-4/h5-9,16H,1-4H3. The van der Waals surface area contributed by atoms with E-state index < -0.39 is 0 Å². The first-order chi connectivity index (χ1) is 9.45. The Morgan fingerprint density at radius 2 is 1.80 bits per heavy atom. The Balaban J connectivity index is 2.62. The van der Waals surface area contributed by atoms with Gasteiger partial charge in [0.2, 0.25) is 0 Å². The SMILES string of the molecule is COc1c(C)cc(Br)c(C)c1C(Br)c1cccc(C)c1. The van der Waals surface area contributed by atoms with Crippen molar-refractivity contribution in [1.29, 1.82) is 0 Å². The molecule has 2 rings (SSSR count). The van der Waals surface area contributed by atoms with Crippen molar-refractivity contribution in [3.8, 4) is 5.75 Å². The number of benzene rings is 2. The van der Waals surface area contributed by atoms with Crippen LogP contribution in [0.3, 0.4) is 0 Å². The zero-order chi connectivity index (χ0) is 14.9. The second-order valence-corrected chi connectivity index (χ2v) is 6.79. The van der Waals surface area contributed by atoms with Crippen LogP contribution in [0.5, 0.6) is 5.75 Å². The molecule has 20 heavy (non-hydrogen) atoms. The molecular formula is C17H18Br2O. The molecule has 2 aromatic rings. The molecule has 0 bridgehead atoms. The van der Waals surface area contributed by atoms with Gasteiger partial charge >= 0.3 is 0 Å². The normalized spacial score (nSPS) is 12.3. The maximum atomic E-state index is 5.63. The minimum absolute atomic E-state index is 0.119. The number of alkyl halides is 1. The van der Waals surface area contributed by atoms with E-state index in [1.54, 1.807) is 7.11 Å². The van der Waals surface area contributed by atoms with Crippen molar-refractivity contribution >= 4 is 31.9 Å². The largest absolute Gasteiger partial charge is 0.496 e. The van der Waals surface area contributed by atoms with Gasteiger partial charge in [-0.1, -0.05) is 61.7 Å². The number of hydrogen-bond donors (Lipinski definition) is 0. The summed E-state index contributed by atoms with van der Waals surface area (Å²) < 4.78 is 6.75. The van der Waals surface area contributed by atoms with Crippen LogP contribution in [0.1, 0.15) is 32.6 Å². The van der Waals surface area contributed by atoms with Gasteiger partial charge in [0.15, 0.2) is 0 Å². The van der Waals surface area contributed by atoms with E-state index >= 15 is 0 Å². The fourth-order valence-electron chi connectivity index (χ4n) is 2.45.